The number of nitrogens with zero attached hydrogens (tertiary/aromatic N) is 2. The molecule has 2 heterocycles. The van der Waals surface area contributed by atoms with Crippen LogP contribution in [-0.2, 0) is 14.3 Å². The minimum absolute atomic E-state index is 0.130. The van der Waals surface area contributed by atoms with E-state index in [1.54, 1.807) is 31.2 Å². The quantitative estimate of drug-likeness (QED) is 0.807. The highest BCUT2D eigenvalue weighted by Gasteiger charge is 2.28. The second-order valence-electron chi connectivity index (χ2n) is 5.13. The molecule has 1 aliphatic heterocycles. The third kappa shape index (κ3) is 2.93. The maximum absolute atomic E-state index is 12.4. The number of nitrogens with one attached hydrogen (secondary N) is 1. The van der Waals surface area contributed by atoms with Crippen molar-refractivity contribution in [3.63, 3.8) is 0 Å². The smallest absolute Gasteiger partial charge is 0.343 e. The van der Waals surface area contributed by atoms with Crippen LogP contribution in [0.25, 0.3) is 0 Å². The van der Waals surface area contributed by atoms with Gasteiger partial charge in [-0.15, -0.1) is 0 Å². The van der Waals surface area contributed by atoms with Crippen LogP contribution in [0, 0.1) is 6.92 Å². The Labute approximate surface area is 141 Å². The molecular weight excluding hydrogens is 332 g/mol. The van der Waals surface area contributed by atoms with Gasteiger partial charge in [0.1, 0.15) is 17.1 Å². The number of anilines is 3. The number of ether oxygens (including phenoxy) is 1. The molecule has 124 valence electrons. The number of esters is 1. The maximum Gasteiger partial charge on any atom is 0.343 e. The van der Waals surface area contributed by atoms with E-state index in [0.29, 0.717) is 17.1 Å². The fourth-order valence-corrected chi connectivity index (χ4v) is 3.02. The lowest BCUT2D eigenvalue weighted by Crippen LogP contribution is -2.44. The van der Waals surface area contributed by atoms with Gasteiger partial charge < -0.3 is 15.8 Å². The van der Waals surface area contributed by atoms with Crippen molar-refractivity contribution >= 4 is 45.7 Å². The van der Waals surface area contributed by atoms with Gasteiger partial charge in [-0.3, -0.25) is 14.5 Å². The molecule has 8 nitrogen and oxygen atoms in total. The highest BCUT2D eigenvalue weighted by atomic mass is 32.1. The highest BCUT2D eigenvalue weighted by Crippen LogP contribution is 2.29. The number of hydrogen-bond donors (Lipinski definition) is 2. The Morgan fingerprint density at radius 3 is 2.88 bits per heavy atom. The number of aromatic nitrogens is 1. The minimum atomic E-state index is -0.707. The minimum Gasteiger partial charge on any atom is -0.452 e. The van der Waals surface area contributed by atoms with Crippen LogP contribution in [0.2, 0.25) is 0 Å². The van der Waals surface area contributed by atoms with Crippen LogP contribution in [0.15, 0.2) is 24.3 Å². The van der Waals surface area contributed by atoms with Crippen LogP contribution in [0.3, 0.4) is 0 Å². The molecular formula is C15H14N4O4S. The van der Waals surface area contributed by atoms with Crippen molar-refractivity contribution in [1.82, 2.24) is 4.37 Å². The number of benzene rings is 1. The third-order valence-corrected chi connectivity index (χ3v) is 4.26. The first kappa shape index (κ1) is 15.9. The van der Waals surface area contributed by atoms with Gasteiger partial charge in [0.15, 0.2) is 6.61 Å². The number of nitrogen functional groups attached to an aromatic ring is 1. The van der Waals surface area contributed by atoms with E-state index in [0.717, 1.165) is 11.5 Å². The van der Waals surface area contributed by atoms with Gasteiger partial charge in [0.05, 0.1) is 17.1 Å². The summed E-state index contributed by atoms with van der Waals surface area (Å²) in [6.07, 6.45) is 0. The fourth-order valence-electron chi connectivity index (χ4n) is 2.37. The van der Waals surface area contributed by atoms with Gasteiger partial charge in [-0.25, -0.2) is 4.79 Å². The Hall–Kier alpha value is -2.94. The van der Waals surface area contributed by atoms with Crippen molar-refractivity contribution in [2.45, 2.75) is 6.92 Å². The lowest BCUT2D eigenvalue weighted by molar-refractivity contribution is -0.124. The van der Waals surface area contributed by atoms with Crippen molar-refractivity contribution in [3.05, 3.63) is 35.5 Å². The number of carbonyl (C=O) groups is 3. The average Bonchev–Trinajstić information content (AvgIpc) is 2.90. The molecule has 24 heavy (non-hydrogen) atoms. The molecule has 2 aromatic rings. The number of nitrogens with two attached hydrogens (primary N) is 1. The normalized spacial score (nSPS) is 13.2. The average molecular weight is 346 g/mol. The number of rotatable bonds is 3. The van der Waals surface area contributed by atoms with Gasteiger partial charge in [0, 0.05) is 0 Å². The third-order valence-electron chi connectivity index (χ3n) is 3.49. The molecule has 9 heteroatoms. The molecule has 1 aromatic heterocycles. The van der Waals surface area contributed by atoms with Crippen molar-refractivity contribution in [3.8, 4) is 0 Å². The summed E-state index contributed by atoms with van der Waals surface area (Å²) < 4.78 is 9.00. The number of carbonyl (C=O) groups excluding carboxylic acids is 3. The van der Waals surface area contributed by atoms with E-state index in [1.807, 2.05) is 0 Å². The number of amides is 2. The molecule has 3 N–H and O–H groups in total. The number of aryl methyl sites for hydroxylation is 1. The summed E-state index contributed by atoms with van der Waals surface area (Å²) in [6.45, 7) is 1.01. The van der Waals surface area contributed by atoms with Crippen LogP contribution < -0.4 is 16.0 Å². The second kappa shape index (κ2) is 6.28. The molecule has 0 saturated carbocycles. The molecule has 1 aromatic carbocycles. The van der Waals surface area contributed by atoms with Crippen LogP contribution in [-0.4, -0.2) is 35.3 Å². The molecule has 0 radical (unpaired) electrons. The van der Waals surface area contributed by atoms with Crippen LogP contribution in [0.4, 0.5) is 16.4 Å². The molecule has 1 aliphatic rings. The van der Waals surface area contributed by atoms with Crippen molar-refractivity contribution in [1.29, 1.82) is 0 Å². The molecule has 3 rings (SSSR count). The zero-order valence-corrected chi connectivity index (χ0v) is 13.6. The Morgan fingerprint density at radius 2 is 2.17 bits per heavy atom. The fraction of sp³-hybridized carbons (Fsp3) is 0.200. The van der Waals surface area contributed by atoms with Crippen molar-refractivity contribution in [2.75, 3.05) is 29.1 Å². The predicted octanol–water partition coefficient (Wildman–Crippen LogP) is 1.18. The topological polar surface area (TPSA) is 115 Å². The van der Waals surface area contributed by atoms with Crippen LogP contribution in [0.1, 0.15) is 16.1 Å². The zero-order valence-electron chi connectivity index (χ0n) is 12.7. The van der Waals surface area contributed by atoms with E-state index in [2.05, 4.69) is 9.69 Å². The molecule has 0 fully saturated rings. The molecule has 2 amide bonds. The van der Waals surface area contributed by atoms with Gasteiger partial charge in [0.25, 0.3) is 5.91 Å². The van der Waals surface area contributed by atoms with E-state index < -0.39 is 18.5 Å². The van der Waals surface area contributed by atoms with Crippen molar-refractivity contribution in [2.24, 2.45) is 0 Å². The molecule has 0 bridgehead atoms. The van der Waals surface area contributed by atoms with Crippen molar-refractivity contribution < 1.29 is 19.1 Å². The number of hydrogen-bond acceptors (Lipinski definition) is 7. The Balaban J connectivity index is 1.72. The second-order valence-corrected chi connectivity index (χ2v) is 5.93. The van der Waals surface area contributed by atoms with E-state index in [1.165, 1.54) is 4.90 Å². The highest BCUT2D eigenvalue weighted by molar-refractivity contribution is 7.10. The van der Waals surface area contributed by atoms with Gasteiger partial charge >= 0.3 is 5.97 Å². The summed E-state index contributed by atoms with van der Waals surface area (Å²) in [4.78, 5) is 37.4. The molecule has 0 saturated heterocycles. The largest absolute Gasteiger partial charge is 0.452 e. The molecule has 0 aliphatic carbocycles. The first-order chi connectivity index (χ1) is 11.5. The number of fused-ring (bicyclic) bond motifs is 1. The molecule has 0 unspecified atom stereocenters. The Morgan fingerprint density at radius 1 is 1.42 bits per heavy atom. The Bertz CT molecular complexity index is 813. The van der Waals surface area contributed by atoms with E-state index in [4.69, 9.17) is 10.5 Å². The monoisotopic (exact) mass is 346 g/mol. The lowest BCUT2D eigenvalue weighted by Gasteiger charge is -2.28. The number of para-hydroxylation sites is 2. The first-order valence-corrected chi connectivity index (χ1v) is 7.83. The SMILES string of the molecule is Cc1nsc(N)c1C(=O)OCC(=O)N1CC(=O)Nc2ccccc21. The maximum atomic E-state index is 12.4. The Kier molecular flexibility index (Phi) is 4.17. The molecule has 0 atom stereocenters. The van der Waals surface area contributed by atoms with Crippen LogP contribution >= 0.6 is 11.5 Å². The summed E-state index contributed by atoms with van der Waals surface area (Å²) in [6, 6.07) is 6.91. The molecule has 0 spiro atoms. The zero-order chi connectivity index (χ0) is 17.3. The summed E-state index contributed by atoms with van der Waals surface area (Å²) in [5, 5.41) is 2.93. The summed E-state index contributed by atoms with van der Waals surface area (Å²) >= 11 is 0.991. The van der Waals surface area contributed by atoms with Crippen LogP contribution in [0.5, 0.6) is 0 Å². The standard InChI is InChI=1S/C15H14N4O4S/c1-8-13(14(16)24-18-8)15(22)23-7-12(21)19-6-11(20)17-9-4-2-3-5-10(9)19/h2-5H,6-7,16H2,1H3,(H,17,20). The summed E-state index contributed by atoms with van der Waals surface area (Å²) in [7, 11) is 0. The van der Waals surface area contributed by atoms with Gasteiger partial charge in [-0.2, -0.15) is 4.37 Å². The summed E-state index contributed by atoms with van der Waals surface area (Å²) in [5.74, 6) is -1.51. The predicted molar refractivity (Wildman–Crippen MR) is 89.0 cm³/mol. The van der Waals surface area contributed by atoms with Gasteiger partial charge in [0.2, 0.25) is 5.91 Å². The lowest BCUT2D eigenvalue weighted by atomic mass is 10.2. The van der Waals surface area contributed by atoms with E-state index in [9.17, 15) is 14.4 Å². The van der Waals surface area contributed by atoms with E-state index in [-0.39, 0.29) is 23.0 Å². The van der Waals surface area contributed by atoms with E-state index >= 15 is 0 Å². The summed E-state index contributed by atoms with van der Waals surface area (Å²) in [5.41, 5.74) is 7.41. The van der Waals surface area contributed by atoms with Gasteiger partial charge in [-0.1, -0.05) is 12.1 Å². The van der Waals surface area contributed by atoms with Gasteiger partial charge in [-0.05, 0) is 30.6 Å². The first-order valence-electron chi connectivity index (χ1n) is 7.05.